The Morgan fingerprint density at radius 3 is 2.72 bits per heavy atom. The predicted molar refractivity (Wildman–Crippen MR) is 126 cm³/mol. The number of fused-ring (bicyclic) bond motifs is 1. The van der Waals surface area contributed by atoms with Gasteiger partial charge < -0.3 is 19.6 Å². The van der Waals surface area contributed by atoms with E-state index in [0.717, 1.165) is 11.8 Å². The molecule has 1 aromatic carbocycles. The van der Waals surface area contributed by atoms with Gasteiger partial charge in [-0.25, -0.2) is 20.0 Å². The van der Waals surface area contributed by atoms with Crippen LogP contribution in [-0.4, -0.2) is 48.9 Å². The van der Waals surface area contributed by atoms with E-state index in [1.807, 2.05) is 19.9 Å². The molecule has 3 atom stereocenters. The number of nitrogen functional groups attached to an aromatic ring is 1. The summed E-state index contributed by atoms with van der Waals surface area (Å²) in [5, 5.41) is 2.75. The molecule has 0 radical (unpaired) electrons. The third kappa shape index (κ3) is 6.29. The summed E-state index contributed by atoms with van der Waals surface area (Å²) in [6.07, 6.45) is 2.41. The molecule has 10 nitrogen and oxygen atoms in total. The van der Waals surface area contributed by atoms with Gasteiger partial charge in [0.05, 0.1) is 25.0 Å². The normalized spacial score (nSPS) is 15.2. The number of nitrogens with two attached hydrogens (primary N) is 1. The minimum Gasteiger partial charge on any atom is -0.431 e. The summed E-state index contributed by atoms with van der Waals surface area (Å²) in [6, 6.07) is 8.13. The fourth-order valence-corrected chi connectivity index (χ4v) is 5.43. The summed E-state index contributed by atoms with van der Waals surface area (Å²) < 4.78 is 27.0. The van der Waals surface area contributed by atoms with Crippen LogP contribution < -0.4 is 15.3 Å². The lowest BCUT2D eigenvalue weighted by molar-refractivity contribution is -0.112. The van der Waals surface area contributed by atoms with Crippen LogP contribution in [0.3, 0.4) is 0 Å². The molecule has 0 spiro atoms. The Morgan fingerprint density at radius 1 is 1.25 bits per heavy atom. The maximum atomic E-state index is 13.6. The molecule has 0 bridgehead atoms. The van der Waals surface area contributed by atoms with E-state index >= 15 is 0 Å². The van der Waals surface area contributed by atoms with E-state index in [1.54, 1.807) is 42.1 Å². The molecule has 3 aromatic rings. The van der Waals surface area contributed by atoms with E-state index in [-0.39, 0.29) is 17.6 Å². The Morgan fingerprint density at radius 2 is 2.00 bits per heavy atom. The van der Waals surface area contributed by atoms with Gasteiger partial charge in [-0.15, -0.1) is 0 Å². The summed E-state index contributed by atoms with van der Waals surface area (Å²) in [4.78, 5) is 24.6. The van der Waals surface area contributed by atoms with Crippen LogP contribution in [0, 0.1) is 0 Å². The van der Waals surface area contributed by atoms with E-state index in [1.165, 1.54) is 6.33 Å². The van der Waals surface area contributed by atoms with Crippen molar-refractivity contribution in [3.63, 3.8) is 0 Å². The van der Waals surface area contributed by atoms with Gasteiger partial charge in [0.1, 0.15) is 23.9 Å². The van der Waals surface area contributed by atoms with Crippen LogP contribution in [0.15, 0.2) is 43.0 Å². The number of hydrogen-bond donors (Lipinski definition) is 2. The molecule has 2 aromatic heterocycles. The maximum Gasteiger partial charge on any atom is 0.342 e. The Labute approximate surface area is 190 Å². The first-order valence-corrected chi connectivity index (χ1v) is 12.9. The second-order valence-electron chi connectivity index (χ2n) is 7.12. The minimum atomic E-state index is -3.55. The first-order valence-electron chi connectivity index (χ1n) is 10.1. The summed E-state index contributed by atoms with van der Waals surface area (Å²) in [7, 11) is -3.55. The largest absolute Gasteiger partial charge is 0.431 e. The fourth-order valence-electron chi connectivity index (χ4n) is 2.94. The van der Waals surface area contributed by atoms with Crippen LogP contribution in [0.2, 0.25) is 0 Å². The molecule has 0 aliphatic carbocycles. The molecule has 0 fully saturated rings. The van der Waals surface area contributed by atoms with Crippen LogP contribution in [0.5, 0.6) is 5.75 Å². The Kier molecular flexibility index (Phi) is 8.25. The van der Waals surface area contributed by atoms with Crippen molar-refractivity contribution in [1.29, 1.82) is 0 Å². The van der Waals surface area contributed by atoms with Crippen LogP contribution >= 0.6 is 19.3 Å². The van der Waals surface area contributed by atoms with E-state index in [0.29, 0.717) is 35.0 Å². The molecule has 32 heavy (non-hydrogen) atoms. The van der Waals surface area contributed by atoms with Gasteiger partial charge in [0.15, 0.2) is 11.5 Å². The number of benzene rings is 1. The van der Waals surface area contributed by atoms with Crippen molar-refractivity contribution in [2.24, 2.45) is 0 Å². The molecule has 2 heterocycles. The molecule has 0 unspecified atom stereocenters. The number of anilines is 1. The van der Waals surface area contributed by atoms with Crippen molar-refractivity contribution >= 4 is 41.4 Å². The number of carbonyl (C=O) groups is 1. The number of carbonyl (C=O) groups excluding carboxylic acids is 1. The zero-order valence-electron chi connectivity index (χ0n) is 18.2. The predicted octanol–water partition coefficient (Wildman–Crippen LogP) is 3.30. The van der Waals surface area contributed by atoms with Gasteiger partial charge >= 0.3 is 7.52 Å². The van der Waals surface area contributed by atoms with Gasteiger partial charge in [-0.2, -0.15) is 0 Å². The lowest BCUT2D eigenvalue weighted by Crippen LogP contribution is -2.33. The molecule has 3 rings (SSSR count). The zero-order valence-corrected chi connectivity index (χ0v) is 19.9. The standard InChI is InChI=1S/C20H27N6O4PS/c1-4-32-20(27)15(3)25-31(28,30-16-8-6-5-7-9-16)13-29-14(2)10-26-12-24-17-18(21)22-11-23-19(17)26/h5-9,11-12,14-15H,4,10,13H2,1-3H3,(H,25,28)(H2,21,22,23)/t14-,15+,31+/m1/s1. The summed E-state index contributed by atoms with van der Waals surface area (Å²) >= 11 is 1.16. The molecular weight excluding hydrogens is 451 g/mol. The Bertz CT molecular complexity index is 1100. The highest BCUT2D eigenvalue weighted by Crippen LogP contribution is 2.44. The number of nitrogens with one attached hydrogen (secondary N) is 1. The lowest BCUT2D eigenvalue weighted by atomic mass is 10.3. The summed E-state index contributed by atoms with van der Waals surface area (Å²) in [5.74, 6) is 1.36. The van der Waals surface area contributed by atoms with E-state index in [4.69, 9.17) is 15.0 Å². The van der Waals surface area contributed by atoms with Crippen molar-refractivity contribution in [2.75, 3.05) is 17.8 Å². The highest BCUT2D eigenvalue weighted by Gasteiger charge is 2.31. The van der Waals surface area contributed by atoms with Gasteiger partial charge in [-0.3, -0.25) is 9.36 Å². The number of imidazole rings is 1. The lowest BCUT2D eigenvalue weighted by Gasteiger charge is -2.25. The molecule has 12 heteroatoms. The van der Waals surface area contributed by atoms with Gasteiger partial charge in [0.25, 0.3) is 0 Å². The molecule has 0 saturated heterocycles. The topological polar surface area (TPSA) is 134 Å². The molecule has 0 aliphatic heterocycles. The average Bonchev–Trinajstić information content (AvgIpc) is 3.17. The van der Waals surface area contributed by atoms with Gasteiger partial charge in [-0.05, 0) is 31.7 Å². The molecule has 0 saturated carbocycles. The maximum absolute atomic E-state index is 13.6. The average molecular weight is 479 g/mol. The fraction of sp³-hybridized carbons (Fsp3) is 0.400. The summed E-state index contributed by atoms with van der Waals surface area (Å²) in [5.41, 5.74) is 6.94. The van der Waals surface area contributed by atoms with Crippen molar-refractivity contribution in [3.05, 3.63) is 43.0 Å². The summed E-state index contributed by atoms with van der Waals surface area (Å²) in [6.45, 7) is 5.79. The molecule has 0 amide bonds. The Balaban J connectivity index is 1.69. The van der Waals surface area contributed by atoms with Gasteiger partial charge in [-0.1, -0.05) is 36.9 Å². The third-order valence-corrected chi connectivity index (χ3v) is 7.14. The van der Waals surface area contributed by atoms with Crippen LogP contribution in [0.25, 0.3) is 11.2 Å². The highest BCUT2D eigenvalue weighted by atomic mass is 32.2. The number of para-hydroxylation sites is 1. The van der Waals surface area contributed by atoms with Crippen LogP contribution in [0.1, 0.15) is 20.8 Å². The quantitative estimate of drug-likeness (QED) is 0.395. The molecule has 3 N–H and O–H groups in total. The minimum absolute atomic E-state index is 0.111. The van der Waals surface area contributed by atoms with Gasteiger partial charge in [0, 0.05) is 0 Å². The first-order chi connectivity index (χ1) is 15.3. The zero-order chi connectivity index (χ0) is 23.1. The number of hydrogen-bond acceptors (Lipinski definition) is 9. The number of rotatable bonds is 11. The van der Waals surface area contributed by atoms with Crippen LogP contribution in [0.4, 0.5) is 5.82 Å². The van der Waals surface area contributed by atoms with E-state index in [9.17, 15) is 9.36 Å². The SMILES string of the molecule is CCSC(=O)[C@H](C)N[P@](=O)(CO[C@H](C)Cn1cnc2c(N)ncnc21)Oc1ccccc1. The number of nitrogens with zero attached hydrogens (tertiary/aromatic N) is 4. The van der Waals surface area contributed by atoms with Crippen molar-refractivity contribution in [1.82, 2.24) is 24.6 Å². The van der Waals surface area contributed by atoms with Crippen molar-refractivity contribution < 1.29 is 18.6 Å². The van der Waals surface area contributed by atoms with Crippen molar-refractivity contribution in [2.45, 2.75) is 39.5 Å². The number of aromatic nitrogens is 4. The second-order valence-corrected chi connectivity index (χ2v) is 10.4. The molecular formula is C20H27N6O4PS. The smallest absolute Gasteiger partial charge is 0.342 e. The van der Waals surface area contributed by atoms with E-state index < -0.39 is 13.6 Å². The monoisotopic (exact) mass is 478 g/mol. The van der Waals surface area contributed by atoms with E-state index in [2.05, 4.69) is 20.0 Å². The van der Waals surface area contributed by atoms with Gasteiger partial charge in [0.2, 0.25) is 5.12 Å². The Hall–Kier alpha value is -2.46. The second kappa shape index (κ2) is 10.9. The van der Waals surface area contributed by atoms with Crippen LogP contribution in [-0.2, 0) is 20.6 Å². The van der Waals surface area contributed by atoms with Crippen molar-refractivity contribution in [3.8, 4) is 5.75 Å². The molecule has 172 valence electrons. The first kappa shape index (κ1) is 24.2. The third-order valence-electron chi connectivity index (χ3n) is 4.44. The number of thioether (sulfide) groups is 1. The molecule has 0 aliphatic rings. The number of ether oxygens (including phenoxy) is 1. The highest BCUT2D eigenvalue weighted by molar-refractivity contribution is 8.13.